The Kier molecular flexibility index (Phi) is 10.1. The first-order chi connectivity index (χ1) is 22.8. The van der Waals surface area contributed by atoms with Crippen molar-refractivity contribution >= 4 is 66.8 Å². The van der Waals surface area contributed by atoms with Crippen molar-refractivity contribution in [3.8, 4) is 6.19 Å². The third kappa shape index (κ3) is 7.47. The Hall–Kier alpha value is -4.35. The predicted octanol–water partition coefficient (Wildman–Crippen LogP) is 4.39. The molecule has 0 unspecified atom stereocenters. The van der Waals surface area contributed by atoms with Crippen LogP contribution in [0.25, 0.3) is 0 Å². The number of carbonyl (C=O) groups excluding carboxylic acids is 2. The van der Waals surface area contributed by atoms with Crippen LogP contribution in [-0.2, 0) is 17.8 Å². The number of carbonyl (C=O) groups is 2. The molecule has 6 rings (SSSR count). The van der Waals surface area contributed by atoms with Gasteiger partial charge < -0.3 is 30.7 Å². The number of guanidine groups is 1. The zero-order valence-corrected chi connectivity index (χ0v) is 29.0. The number of likely N-dealkylation sites (tertiary alicyclic amines) is 1. The minimum Gasteiger partial charge on any atom is -0.397 e. The number of hydrogen-bond donors (Lipinski definition) is 3. The Morgan fingerprint density at radius 1 is 1.04 bits per heavy atom. The number of pyridine rings is 1. The number of anilines is 3. The summed E-state index contributed by atoms with van der Waals surface area (Å²) in [7, 11) is 0. The minimum atomic E-state index is -0.775. The van der Waals surface area contributed by atoms with Gasteiger partial charge in [-0.2, -0.15) is 5.26 Å². The number of piperidine rings is 1. The SMILES string of the molecule is N#CNC(=N[C@H](Cc1cc(Br)c(N)c(Br)c1)C(=O)N1CCN(c2ccncc2)CC1)N1CCC(N2Cc3ccccc3NC2=O)CC1. The molecule has 244 valence electrons. The first-order valence-electron chi connectivity index (χ1n) is 15.6. The molecule has 3 amide bonds. The van der Waals surface area contributed by atoms with Crippen LogP contribution in [0.2, 0.25) is 0 Å². The van der Waals surface area contributed by atoms with Gasteiger partial charge in [0.25, 0.3) is 0 Å². The number of hydrogen-bond acceptors (Lipinski definition) is 7. The highest BCUT2D eigenvalue weighted by Gasteiger charge is 2.34. The monoisotopic (exact) mass is 762 g/mol. The van der Waals surface area contributed by atoms with E-state index in [1.807, 2.05) is 69.4 Å². The van der Waals surface area contributed by atoms with Crippen LogP contribution < -0.4 is 21.3 Å². The van der Waals surface area contributed by atoms with Crippen LogP contribution in [-0.4, -0.2) is 88.9 Å². The third-order valence-electron chi connectivity index (χ3n) is 8.98. The third-order valence-corrected chi connectivity index (χ3v) is 10.3. The molecule has 1 aromatic heterocycles. The summed E-state index contributed by atoms with van der Waals surface area (Å²) in [6.45, 7) is 4.20. The maximum absolute atomic E-state index is 14.2. The van der Waals surface area contributed by atoms with Crippen LogP contribution in [0.15, 0.2) is 74.9 Å². The molecule has 3 aliphatic heterocycles. The number of nitriles is 1. The number of benzene rings is 2. The van der Waals surface area contributed by atoms with E-state index in [0.717, 1.165) is 31.4 Å². The lowest BCUT2D eigenvalue weighted by Gasteiger charge is -2.41. The summed E-state index contributed by atoms with van der Waals surface area (Å²) in [6.07, 6.45) is 7.30. The smallest absolute Gasteiger partial charge is 0.322 e. The van der Waals surface area contributed by atoms with Crippen LogP contribution in [0.1, 0.15) is 24.0 Å². The molecular weight excluding hydrogens is 728 g/mol. The van der Waals surface area contributed by atoms with E-state index in [1.165, 1.54) is 0 Å². The van der Waals surface area contributed by atoms with Crippen LogP contribution in [0.4, 0.5) is 21.9 Å². The highest BCUT2D eigenvalue weighted by atomic mass is 79.9. The summed E-state index contributed by atoms with van der Waals surface area (Å²) >= 11 is 7.05. The quantitative estimate of drug-likeness (QED) is 0.110. The van der Waals surface area contributed by atoms with Crippen LogP contribution in [0, 0.1) is 11.5 Å². The van der Waals surface area contributed by atoms with Gasteiger partial charge in [-0.25, -0.2) is 9.79 Å². The largest absolute Gasteiger partial charge is 0.397 e. The summed E-state index contributed by atoms with van der Waals surface area (Å²) in [6, 6.07) is 14.8. The lowest BCUT2D eigenvalue weighted by molar-refractivity contribution is -0.132. The second kappa shape index (κ2) is 14.6. The lowest BCUT2D eigenvalue weighted by Crippen LogP contribution is -2.54. The fourth-order valence-corrected chi connectivity index (χ4v) is 7.70. The topological polar surface area (TPSA) is 146 Å². The highest BCUT2D eigenvalue weighted by Crippen LogP contribution is 2.31. The average Bonchev–Trinajstić information content (AvgIpc) is 3.10. The van der Waals surface area contributed by atoms with Crippen molar-refractivity contribution in [2.24, 2.45) is 4.99 Å². The Morgan fingerprint density at radius 2 is 1.72 bits per heavy atom. The Labute approximate surface area is 290 Å². The van der Waals surface area contributed by atoms with Crippen molar-refractivity contribution < 1.29 is 9.59 Å². The molecule has 0 bridgehead atoms. The highest BCUT2D eigenvalue weighted by molar-refractivity contribution is 9.11. The Morgan fingerprint density at radius 3 is 2.40 bits per heavy atom. The number of aromatic nitrogens is 1. The summed E-state index contributed by atoms with van der Waals surface area (Å²) < 4.78 is 1.45. The molecule has 14 heteroatoms. The number of nitrogens with one attached hydrogen (secondary N) is 2. The molecule has 0 saturated carbocycles. The van der Waals surface area contributed by atoms with E-state index < -0.39 is 6.04 Å². The molecule has 2 aromatic carbocycles. The second-order valence-corrected chi connectivity index (χ2v) is 13.5. The minimum absolute atomic E-state index is 0.0431. The van der Waals surface area contributed by atoms with Crippen molar-refractivity contribution in [2.45, 2.75) is 37.9 Å². The molecule has 3 aliphatic rings. The van der Waals surface area contributed by atoms with Crippen molar-refractivity contribution in [3.05, 3.63) is 81.0 Å². The predicted molar refractivity (Wildman–Crippen MR) is 189 cm³/mol. The molecule has 3 aromatic rings. The van der Waals surface area contributed by atoms with Gasteiger partial charge in [0, 0.05) is 91.0 Å². The lowest BCUT2D eigenvalue weighted by atomic mass is 10.0. The number of nitrogen functional groups attached to an aromatic ring is 1. The van der Waals surface area contributed by atoms with Crippen molar-refractivity contribution in [2.75, 3.05) is 55.2 Å². The maximum atomic E-state index is 14.2. The first-order valence-corrected chi connectivity index (χ1v) is 17.2. The molecule has 12 nitrogen and oxygen atoms in total. The Bertz CT molecular complexity index is 1660. The molecule has 4 N–H and O–H groups in total. The van der Waals surface area contributed by atoms with Crippen molar-refractivity contribution in [1.82, 2.24) is 25.0 Å². The number of aliphatic imine (C=N–C) groups is 1. The van der Waals surface area contributed by atoms with Gasteiger partial charge in [-0.3, -0.25) is 15.1 Å². The van der Waals surface area contributed by atoms with Gasteiger partial charge >= 0.3 is 6.03 Å². The average molecular weight is 765 g/mol. The molecule has 1 atom stereocenters. The number of para-hydroxylation sites is 1. The number of rotatable bonds is 6. The van der Waals surface area contributed by atoms with Crippen LogP contribution in [0.3, 0.4) is 0 Å². The second-order valence-electron chi connectivity index (χ2n) is 11.8. The molecule has 47 heavy (non-hydrogen) atoms. The maximum Gasteiger partial charge on any atom is 0.322 e. The van der Waals surface area contributed by atoms with E-state index in [9.17, 15) is 14.9 Å². The van der Waals surface area contributed by atoms with E-state index in [-0.39, 0.29) is 18.0 Å². The Balaban J connectivity index is 1.19. The zero-order chi connectivity index (χ0) is 32.9. The van der Waals surface area contributed by atoms with Gasteiger partial charge in [-0.15, -0.1) is 0 Å². The van der Waals surface area contributed by atoms with Gasteiger partial charge in [0.05, 0.1) is 5.69 Å². The van der Waals surface area contributed by atoms with E-state index in [1.54, 1.807) is 12.4 Å². The number of halogens is 2. The number of nitrogens with zero attached hydrogens (tertiary/aromatic N) is 7. The van der Waals surface area contributed by atoms with Gasteiger partial charge in [0.15, 0.2) is 6.19 Å². The van der Waals surface area contributed by atoms with E-state index in [0.29, 0.717) is 76.7 Å². The van der Waals surface area contributed by atoms with E-state index in [2.05, 4.69) is 52.4 Å². The van der Waals surface area contributed by atoms with E-state index in [4.69, 9.17) is 10.7 Å². The fraction of sp³-hybridized carbons (Fsp3) is 0.364. The fourth-order valence-electron chi connectivity index (χ4n) is 6.41. The molecule has 0 radical (unpaired) electrons. The number of urea groups is 1. The van der Waals surface area contributed by atoms with Crippen LogP contribution >= 0.6 is 31.9 Å². The van der Waals surface area contributed by atoms with Gasteiger partial charge in [0.2, 0.25) is 11.9 Å². The first kappa shape index (κ1) is 32.6. The van der Waals surface area contributed by atoms with Gasteiger partial charge in [-0.1, -0.05) is 18.2 Å². The summed E-state index contributed by atoms with van der Waals surface area (Å²) in [4.78, 5) is 44.2. The van der Waals surface area contributed by atoms with Crippen molar-refractivity contribution in [1.29, 1.82) is 5.26 Å². The molecule has 0 spiro atoms. The summed E-state index contributed by atoms with van der Waals surface area (Å²) in [5.41, 5.74) is 10.6. The molecular formula is C33H36Br2N10O2. The number of piperazine rings is 1. The standard InChI is InChI=1S/C33H36Br2N10O2/c34-26-17-22(18-27(35)30(26)37)19-29(31(46)43-15-13-42(14-16-43)24-5-9-38-10-6-24)40-32(39-21-36)44-11-7-25(8-12-44)45-20-23-3-1-2-4-28(23)41-33(45)47/h1-6,9-10,17-18,25,29H,7-8,11-16,19-20,37H2,(H,39,40)(H,41,47)/t29-/m1/s1. The van der Waals surface area contributed by atoms with Crippen LogP contribution in [0.5, 0.6) is 0 Å². The normalized spacial score (nSPS) is 17.9. The van der Waals surface area contributed by atoms with Crippen molar-refractivity contribution in [3.63, 3.8) is 0 Å². The van der Waals surface area contributed by atoms with E-state index >= 15 is 0 Å². The van der Waals surface area contributed by atoms with Gasteiger partial charge in [0.1, 0.15) is 6.04 Å². The number of nitrogens with two attached hydrogens (primary N) is 1. The molecule has 4 heterocycles. The number of amides is 3. The summed E-state index contributed by atoms with van der Waals surface area (Å²) in [5.74, 6) is 0.265. The summed E-state index contributed by atoms with van der Waals surface area (Å²) in [5, 5.41) is 15.5. The van der Waals surface area contributed by atoms with Gasteiger partial charge in [-0.05, 0) is 86.2 Å². The molecule has 2 fully saturated rings. The molecule has 2 saturated heterocycles. The number of fused-ring (bicyclic) bond motifs is 1. The molecule has 0 aliphatic carbocycles. The zero-order valence-electron chi connectivity index (χ0n) is 25.8.